The minimum atomic E-state index is -0.509. The molecule has 0 fully saturated rings. The van der Waals surface area contributed by atoms with E-state index in [1.165, 1.54) is 55.3 Å². The van der Waals surface area contributed by atoms with Crippen LogP contribution in [0, 0.1) is 0 Å². The van der Waals surface area contributed by atoms with E-state index in [2.05, 4.69) is 249 Å². The van der Waals surface area contributed by atoms with Crippen molar-refractivity contribution in [2.75, 3.05) is 0 Å². The Balaban J connectivity index is 0.905. The molecule has 0 bridgehead atoms. The topological polar surface area (TPSA) is 38.7 Å². The van der Waals surface area contributed by atoms with E-state index in [-0.39, 0.29) is 0 Å². The van der Waals surface area contributed by atoms with Crippen LogP contribution in [0.15, 0.2) is 261 Å². The quantitative estimate of drug-likeness (QED) is 0.143. The standard InChI is InChI=1S/C66H43N3/c1-5-17-44(18-6-1)45-29-35-49(36-30-45)61-43-60(48-19-7-2-8-20-48)68-65(69-61)51-39-33-47(34-40-51)46-31-37-50(38-32-46)64-63-55(54-25-14-16-28-59(54)67-64)41-42-58-62(63)56-26-13-15-27-57(56)66(58,52-21-9-3-10-22-52)53-23-11-4-12-24-53/h1-43H. The average molecular weight is 878 g/mol. The fourth-order valence-corrected chi connectivity index (χ4v) is 10.8. The summed E-state index contributed by atoms with van der Waals surface area (Å²) in [5.74, 6) is 0.687. The number of rotatable bonds is 8. The number of fused-ring (bicyclic) bond motifs is 7. The maximum Gasteiger partial charge on any atom is 0.160 e. The van der Waals surface area contributed by atoms with Gasteiger partial charge in [0.15, 0.2) is 5.82 Å². The fraction of sp³-hybridized carbons (Fsp3) is 0.0152. The van der Waals surface area contributed by atoms with Gasteiger partial charge in [-0.25, -0.2) is 15.0 Å². The van der Waals surface area contributed by atoms with E-state index in [0.29, 0.717) is 5.82 Å². The molecule has 0 atom stereocenters. The summed E-state index contributed by atoms with van der Waals surface area (Å²) in [5.41, 5.74) is 19.5. The number of benzene rings is 10. The molecule has 2 aromatic heterocycles. The first-order chi connectivity index (χ1) is 34.2. The van der Waals surface area contributed by atoms with E-state index < -0.39 is 5.41 Å². The van der Waals surface area contributed by atoms with Crippen molar-refractivity contribution in [2.45, 2.75) is 5.41 Å². The van der Waals surface area contributed by atoms with Gasteiger partial charge in [-0.05, 0) is 73.2 Å². The molecule has 0 spiro atoms. The highest BCUT2D eigenvalue weighted by atomic mass is 14.9. The Hall–Kier alpha value is -9.05. The van der Waals surface area contributed by atoms with Gasteiger partial charge in [-0.3, -0.25) is 0 Å². The minimum Gasteiger partial charge on any atom is -0.247 e. The lowest BCUT2D eigenvalue weighted by Crippen LogP contribution is -2.28. The van der Waals surface area contributed by atoms with E-state index in [0.717, 1.165) is 61.4 Å². The summed E-state index contributed by atoms with van der Waals surface area (Å²) in [4.78, 5) is 15.8. The van der Waals surface area contributed by atoms with Crippen molar-refractivity contribution in [1.82, 2.24) is 15.0 Å². The zero-order valence-electron chi connectivity index (χ0n) is 37.7. The lowest BCUT2D eigenvalue weighted by atomic mass is 9.67. The van der Waals surface area contributed by atoms with E-state index in [4.69, 9.17) is 15.0 Å². The van der Waals surface area contributed by atoms with E-state index >= 15 is 0 Å². The van der Waals surface area contributed by atoms with Crippen LogP contribution < -0.4 is 0 Å². The molecular weight excluding hydrogens is 835 g/mol. The second kappa shape index (κ2) is 16.7. The Morgan fingerprint density at radius 3 is 1.35 bits per heavy atom. The largest absolute Gasteiger partial charge is 0.247 e. The molecule has 322 valence electrons. The van der Waals surface area contributed by atoms with E-state index in [9.17, 15) is 0 Å². The van der Waals surface area contributed by atoms with E-state index in [1.54, 1.807) is 0 Å². The fourth-order valence-electron chi connectivity index (χ4n) is 10.8. The molecule has 13 rings (SSSR count). The van der Waals surface area contributed by atoms with Gasteiger partial charge >= 0.3 is 0 Å². The maximum absolute atomic E-state index is 5.53. The van der Waals surface area contributed by atoms with Crippen LogP contribution in [0.2, 0.25) is 0 Å². The van der Waals surface area contributed by atoms with Crippen LogP contribution >= 0.6 is 0 Å². The van der Waals surface area contributed by atoms with Gasteiger partial charge in [-0.15, -0.1) is 0 Å². The number of pyridine rings is 1. The average Bonchev–Trinajstić information content (AvgIpc) is 3.75. The Morgan fingerprint density at radius 2 is 0.739 bits per heavy atom. The molecule has 0 saturated heterocycles. The van der Waals surface area contributed by atoms with Crippen LogP contribution in [0.25, 0.3) is 100 Å². The zero-order chi connectivity index (χ0) is 45.7. The summed E-state index contributed by atoms with van der Waals surface area (Å²) in [6.07, 6.45) is 0. The number of hydrogen-bond acceptors (Lipinski definition) is 3. The Kier molecular flexibility index (Phi) is 9.73. The summed E-state index contributed by atoms with van der Waals surface area (Å²) in [7, 11) is 0. The summed E-state index contributed by atoms with van der Waals surface area (Å²) in [6, 6.07) is 93.4. The van der Waals surface area contributed by atoms with Gasteiger partial charge in [0.25, 0.3) is 0 Å². The van der Waals surface area contributed by atoms with Crippen molar-refractivity contribution in [1.29, 1.82) is 0 Å². The van der Waals surface area contributed by atoms with Gasteiger partial charge in [0, 0.05) is 33.0 Å². The van der Waals surface area contributed by atoms with Crippen LogP contribution in [0.4, 0.5) is 0 Å². The predicted molar refractivity (Wildman–Crippen MR) is 285 cm³/mol. The zero-order valence-corrected chi connectivity index (χ0v) is 37.7. The maximum atomic E-state index is 5.53. The summed E-state index contributed by atoms with van der Waals surface area (Å²) in [6.45, 7) is 0. The second-order valence-corrected chi connectivity index (χ2v) is 17.8. The molecule has 10 aromatic carbocycles. The highest BCUT2D eigenvalue weighted by Gasteiger charge is 2.47. The number of aromatic nitrogens is 3. The first-order valence-electron chi connectivity index (χ1n) is 23.6. The number of nitrogens with zero attached hydrogens (tertiary/aromatic N) is 3. The van der Waals surface area contributed by atoms with Gasteiger partial charge in [0.05, 0.1) is 28.0 Å². The third-order valence-electron chi connectivity index (χ3n) is 14.0. The van der Waals surface area contributed by atoms with E-state index in [1.807, 2.05) is 12.1 Å². The molecule has 1 aliphatic carbocycles. The normalized spacial score (nSPS) is 12.5. The number of para-hydroxylation sites is 1. The predicted octanol–water partition coefficient (Wildman–Crippen LogP) is 16.5. The Morgan fingerprint density at radius 1 is 0.290 bits per heavy atom. The molecule has 0 aliphatic heterocycles. The third kappa shape index (κ3) is 6.78. The van der Waals surface area contributed by atoms with Crippen molar-refractivity contribution in [3.05, 3.63) is 283 Å². The van der Waals surface area contributed by atoms with Gasteiger partial charge in [-0.1, -0.05) is 249 Å². The highest BCUT2D eigenvalue weighted by Crippen LogP contribution is 2.59. The molecule has 2 heterocycles. The summed E-state index contributed by atoms with van der Waals surface area (Å²) in [5, 5.41) is 3.52. The smallest absolute Gasteiger partial charge is 0.160 e. The molecular formula is C66H43N3. The van der Waals surface area contributed by atoms with Gasteiger partial charge in [0.1, 0.15) is 0 Å². The van der Waals surface area contributed by atoms with Crippen LogP contribution in [0.5, 0.6) is 0 Å². The lowest BCUT2D eigenvalue weighted by Gasteiger charge is -2.34. The molecule has 0 unspecified atom stereocenters. The Labute approximate surface area is 401 Å². The van der Waals surface area contributed by atoms with Gasteiger partial charge < -0.3 is 0 Å². The first-order valence-corrected chi connectivity index (χ1v) is 23.6. The van der Waals surface area contributed by atoms with Gasteiger partial charge in [-0.2, -0.15) is 0 Å². The molecule has 12 aromatic rings. The molecule has 3 nitrogen and oxygen atoms in total. The van der Waals surface area contributed by atoms with Gasteiger partial charge in [0.2, 0.25) is 0 Å². The Bertz CT molecular complexity index is 3790. The van der Waals surface area contributed by atoms with Crippen molar-refractivity contribution in [3.8, 4) is 78.5 Å². The SMILES string of the molecule is c1ccc(-c2ccc(-c3cc(-c4ccccc4)nc(-c4ccc(-c5ccc(-c6nc7ccccc7c7ccc8c(c67)-c6ccccc6C8(c6ccccc6)c6ccccc6)cc5)cc4)n3)cc2)cc1. The molecule has 0 amide bonds. The second-order valence-electron chi connectivity index (χ2n) is 17.8. The van der Waals surface area contributed by atoms with Crippen LogP contribution in [0.1, 0.15) is 22.3 Å². The lowest BCUT2D eigenvalue weighted by molar-refractivity contribution is 0.769. The third-order valence-corrected chi connectivity index (χ3v) is 14.0. The minimum absolute atomic E-state index is 0.509. The highest BCUT2D eigenvalue weighted by molar-refractivity contribution is 6.18. The summed E-state index contributed by atoms with van der Waals surface area (Å²) >= 11 is 0. The van der Waals surface area contributed by atoms with Crippen LogP contribution in [-0.2, 0) is 5.41 Å². The molecule has 0 saturated carbocycles. The molecule has 1 aliphatic rings. The van der Waals surface area contributed by atoms with Crippen molar-refractivity contribution < 1.29 is 0 Å². The number of hydrogen-bond donors (Lipinski definition) is 0. The van der Waals surface area contributed by atoms with Crippen molar-refractivity contribution in [2.24, 2.45) is 0 Å². The molecule has 0 N–H and O–H groups in total. The van der Waals surface area contributed by atoms with Crippen molar-refractivity contribution in [3.63, 3.8) is 0 Å². The monoisotopic (exact) mass is 877 g/mol. The molecule has 3 heteroatoms. The molecule has 0 radical (unpaired) electrons. The van der Waals surface area contributed by atoms with Crippen LogP contribution in [-0.4, -0.2) is 15.0 Å². The molecule has 69 heavy (non-hydrogen) atoms. The first kappa shape index (κ1) is 40.2. The van der Waals surface area contributed by atoms with Crippen LogP contribution in [0.3, 0.4) is 0 Å². The van der Waals surface area contributed by atoms with Crippen molar-refractivity contribution >= 4 is 21.7 Å². The summed E-state index contributed by atoms with van der Waals surface area (Å²) < 4.78 is 0.